The van der Waals surface area contributed by atoms with Crippen molar-refractivity contribution in [3.05, 3.63) is 29.8 Å². The lowest BCUT2D eigenvalue weighted by Gasteiger charge is -2.18. The quantitative estimate of drug-likeness (QED) is 0.599. The molecule has 1 aromatic heterocycles. The minimum atomic E-state index is -4.84. The zero-order valence-corrected chi connectivity index (χ0v) is 16.1. The van der Waals surface area contributed by atoms with Gasteiger partial charge in [-0.15, -0.1) is 4.98 Å². The maximum Gasteiger partial charge on any atom is 0.422 e. The molecule has 1 N–H and O–H groups in total. The van der Waals surface area contributed by atoms with Crippen LogP contribution in [-0.2, 0) is 6.18 Å². The van der Waals surface area contributed by atoms with Crippen molar-refractivity contribution < 1.29 is 53.8 Å². The lowest BCUT2D eigenvalue weighted by atomic mass is 10.2. The maximum absolute atomic E-state index is 12.6. The van der Waals surface area contributed by atoms with Crippen LogP contribution < -0.4 is 19.7 Å². The number of hydrogen-bond donors (Lipinski definition) is 1. The van der Waals surface area contributed by atoms with E-state index < -0.39 is 61.3 Å². The molecule has 8 nitrogen and oxygen atoms in total. The SMILES string of the molecule is CN(C(=O)Nc1nc(OCC(F)(F)F)nc(OCC(F)(F)F)n1)c1ccc(C(F)(F)F)cc1. The number of amides is 2. The lowest BCUT2D eigenvalue weighted by molar-refractivity contribution is -0.156. The van der Waals surface area contributed by atoms with Gasteiger partial charge >= 0.3 is 36.6 Å². The van der Waals surface area contributed by atoms with Crippen LogP contribution in [-0.4, -0.2) is 53.6 Å². The van der Waals surface area contributed by atoms with Crippen LogP contribution in [0.25, 0.3) is 0 Å². The number of aromatic nitrogens is 3. The van der Waals surface area contributed by atoms with E-state index in [1.165, 1.54) is 0 Å². The zero-order valence-electron chi connectivity index (χ0n) is 16.1. The normalized spacial score (nSPS) is 12.3. The summed E-state index contributed by atoms with van der Waals surface area (Å²) < 4.78 is 120. The molecule has 0 saturated carbocycles. The Morgan fingerprint density at radius 1 is 0.848 bits per heavy atom. The van der Waals surface area contributed by atoms with E-state index in [-0.39, 0.29) is 5.69 Å². The summed E-state index contributed by atoms with van der Waals surface area (Å²) >= 11 is 0. The molecule has 1 aromatic carbocycles. The Kier molecular flexibility index (Phi) is 7.43. The molecule has 0 atom stereocenters. The predicted octanol–water partition coefficient (Wildman–Crippen LogP) is 4.44. The highest BCUT2D eigenvalue weighted by molar-refractivity contribution is 6.00. The van der Waals surface area contributed by atoms with Crippen molar-refractivity contribution in [2.24, 2.45) is 0 Å². The summed E-state index contributed by atoms with van der Waals surface area (Å²) in [5.74, 6) is -0.844. The van der Waals surface area contributed by atoms with Crippen molar-refractivity contribution in [3.63, 3.8) is 0 Å². The van der Waals surface area contributed by atoms with Gasteiger partial charge < -0.3 is 9.47 Å². The van der Waals surface area contributed by atoms with Gasteiger partial charge in [0.25, 0.3) is 0 Å². The molecule has 2 aromatic rings. The summed E-state index contributed by atoms with van der Waals surface area (Å²) in [6.45, 7) is -3.82. The molecular weight excluding hydrogens is 481 g/mol. The Morgan fingerprint density at radius 2 is 1.30 bits per heavy atom. The number of halogens is 9. The number of anilines is 2. The first kappa shape index (κ1) is 25.7. The molecule has 0 unspecified atom stereocenters. The van der Waals surface area contributed by atoms with Crippen molar-refractivity contribution >= 4 is 17.7 Å². The molecule has 0 aliphatic heterocycles. The molecule has 2 rings (SSSR count). The first-order valence-corrected chi connectivity index (χ1v) is 8.41. The van der Waals surface area contributed by atoms with Crippen molar-refractivity contribution in [2.75, 3.05) is 30.5 Å². The molecule has 0 aliphatic rings. The smallest absolute Gasteiger partial charge is 0.422 e. The molecule has 33 heavy (non-hydrogen) atoms. The van der Waals surface area contributed by atoms with E-state index in [0.717, 1.165) is 24.1 Å². The van der Waals surface area contributed by atoms with Gasteiger partial charge in [-0.05, 0) is 24.3 Å². The van der Waals surface area contributed by atoms with Gasteiger partial charge in [0.1, 0.15) is 0 Å². The van der Waals surface area contributed by atoms with Gasteiger partial charge in [0.2, 0.25) is 5.95 Å². The van der Waals surface area contributed by atoms with E-state index in [9.17, 15) is 44.3 Å². The van der Waals surface area contributed by atoms with Gasteiger partial charge in [-0.2, -0.15) is 49.5 Å². The minimum Gasteiger partial charge on any atom is -0.454 e. The van der Waals surface area contributed by atoms with Gasteiger partial charge in [-0.1, -0.05) is 0 Å². The van der Waals surface area contributed by atoms with Gasteiger partial charge in [0.15, 0.2) is 13.2 Å². The van der Waals surface area contributed by atoms with Crippen LogP contribution in [0.15, 0.2) is 24.3 Å². The van der Waals surface area contributed by atoms with E-state index in [0.29, 0.717) is 12.1 Å². The highest BCUT2D eigenvalue weighted by Gasteiger charge is 2.32. The Morgan fingerprint density at radius 3 is 1.70 bits per heavy atom. The fourth-order valence-electron chi connectivity index (χ4n) is 1.99. The minimum absolute atomic E-state index is 0.0448. The number of urea groups is 1. The fourth-order valence-corrected chi connectivity index (χ4v) is 1.99. The lowest BCUT2D eigenvalue weighted by Crippen LogP contribution is -2.32. The first-order chi connectivity index (χ1) is 15.0. The highest BCUT2D eigenvalue weighted by Crippen LogP contribution is 2.30. The Balaban J connectivity index is 2.21. The maximum atomic E-state index is 12.6. The molecule has 182 valence electrons. The van der Waals surface area contributed by atoms with E-state index in [2.05, 4.69) is 24.4 Å². The van der Waals surface area contributed by atoms with Crippen molar-refractivity contribution in [3.8, 4) is 12.0 Å². The standard InChI is InChI=1S/C16H12F9N5O3/c1-30(9-4-2-8(3-5-9)16(23,24)25)13(31)28-10-26-11(32-6-14(17,18)19)29-12(27-10)33-7-15(20,21)22/h2-5H,6-7H2,1H3,(H,26,27,28,29,31). The predicted molar refractivity (Wildman–Crippen MR) is 91.8 cm³/mol. The van der Waals surface area contributed by atoms with Crippen LogP contribution in [0.5, 0.6) is 12.0 Å². The summed E-state index contributed by atoms with van der Waals surface area (Å²) in [5.41, 5.74) is -1.04. The second kappa shape index (κ2) is 9.53. The summed E-state index contributed by atoms with van der Waals surface area (Å²) in [7, 11) is 1.11. The number of hydrogen-bond acceptors (Lipinski definition) is 6. The molecule has 0 aliphatic carbocycles. The largest absolute Gasteiger partial charge is 0.454 e. The summed E-state index contributed by atoms with van der Waals surface area (Å²) in [5, 5.41) is 1.94. The van der Waals surface area contributed by atoms with Crippen LogP contribution >= 0.6 is 0 Å². The van der Waals surface area contributed by atoms with Crippen molar-refractivity contribution in [2.45, 2.75) is 18.5 Å². The van der Waals surface area contributed by atoms with Gasteiger partial charge in [-0.3, -0.25) is 10.2 Å². The van der Waals surface area contributed by atoms with E-state index in [4.69, 9.17) is 0 Å². The number of carbonyl (C=O) groups excluding carboxylic acids is 1. The summed E-state index contributed by atoms with van der Waals surface area (Å²) in [6, 6.07) is -0.0389. The topological polar surface area (TPSA) is 89.5 Å². The average molecular weight is 493 g/mol. The first-order valence-electron chi connectivity index (χ1n) is 8.41. The fraction of sp³-hybridized carbons (Fsp3) is 0.375. The molecule has 0 spiro atoms. The number of alkyl halides is 9. The van der Waals surface area contributed by atoms with Gasteiger partial charge in [0.05, 0.1) is 5.56 Å². The van der Waals surface area contributed by atoms with Crippen molar-refractivity contribution in [1.82, 2.24) is 15.0 Å². The van der Waals surface area contributed by atoms with E-state index >= 15 is 0 Å². The van der Waals surface area contributed by atoms with Crippen LogP contribution in [0.3, 0.4) is 0 Å². The third kappa shape index (κ3) is 8.49. The van der Waals surface area contributed by atoms with Crippen LogP contribution in [0.1, 0.15) is 5.56 Å². The third-order valence-corrected chi connectivity index (χ3v) is 3.43. The number of benzene rings is 1. The molecule has 0 fully saturated rings. The molecule has 0 bridgehead atoms. The number of nitrogens with zero attached hydrogens (tertiary/aromatic N) is 4. The monoisotopic (exact) mass is 493 g/mol. The summed E-state index contributed by atoms with van der Waals surface area (Å²) in [4.78, 5) is 22.9. The number of rotatable bonds is 6. The van der Waals surface area contributed by atoms with Crippen LogP contribution in [0, 0.1) is 0 Å². The number of ether oxygens (including phenoxy) is 2. The molecule has 17 heteroatoms. The summed E-state index contributed by atoms with van der Waals surface area (Å²) in [6.07, 6.45) is -14.3. The average Bonchev–Trinajstić information content (AvgIpc) is 2.68. The van der Waals surface area contributed by atoms with Crippen LogP contribution in [0.4, 0.5) is 55.9 Å². The van der Waals surface area contributed by atoms with Gasteiger partial charge in [-0.25, -0.2) is 4.79 Å². The number of nitrogens with one attached hydrogen (secondary N) is 1. The van der Waals surface area contributed by atoms with Crippen molar-refractivity contribution in [1.29, 1.82) is 0 Å². The van der Waals surface area contributed by atoms with E-state index in [1.54, 1.807) is 0 Å². The molecule has 2 amide bonds. The molecular formula is C16H12F9N5O3. The van der Waals surface area contributed by atoms with Gasteiger partial charge in [0, 0.05) is 12.7 Å². The number of carbonyl (C=O) groups is 1. The van der Waals surface area contributed by atoms with E-state index in [1.807, 2.05) is 5.32 Å². The zero-order chi connectivity index (χ0) is 25.0. The Bertz CT molecular complexity index is 926. The molecule has 0 saturated heterocycles. The Labute approximate surface area is 178 Å². The third-order valence-electron chi connectivity index (χ3n) is 3.43. The molecule has 0 radical (unpaired) electrons. The highest BCUT2D eigenvalue weighted by atomic mass is 19.4. The molecule has 1 heterocycles. The second-order valence-corrected chi connectivity index (χ2v) is 6.07. The second-order valence-electron chi connectivity index (χ2n) is 6.07. The van der Waals surface area contributed by atoms with Crippen LogP contribution in [0.2, 0.25) is 0 Å². The Hall–Kier alpha value is -3.53.